The van der Waals surface area contributed by atoms with E-state index in [4.69, 9.17) is 4.74 Å². The van der Waals surface area contributed by atoms with Crippen molar-refractivity contribution in [3.05, 3.63) is 65.7 Å². The Labute approximate surface area is 150 Å². The van der Waals surface area contributed by atoms with Crippen LogP contribution in [0.2, 0.25) is 0 Å². The lowest BCUT2D eigenvalue weighted by molar-refractivity contribution is 0.0930. The molecule has 0 bridgehead atoms. The molecule has 2 rings (SSSR count). The lowest BCUT2D eigenvalue weighted by atomic mass is 10.1. The van der Waals surface area contributed by atoms with Crippen LogP contribution in [0, 0.1) is 0 Å². The van der Waals surface area contributed by atoms with Gasteiger partial charge in [0.25, 0.3) is 5.91 Å². The van der Waals surface area contributed by atoms with Gasteiger partial charge in [-0.2, -0.15) is 0 Å². The van der Waals surface area contributed by atoms with Crippen LogP contribution < -0.4 is 10.1 Å². The van der Waals surface area contributed by atoms with E-state index in [0.29, 0.717) is 12.2 Å². The molecule has 4 nitrogen and oxygen atoms in total. The van der Waals surface area contributed by atoms with Gasteiger partial charge in [0.1, 0.15) is 5.75 Å². The second-order valence-electron chi connectivity index (χ2n) is 6.43. The zero-order valence-electron chi connectivity index (χ0n) is 15.4. The number of rotatable bonds is 9. The molecule has 0 aliphatic carbocycles. The van der Waals surface area contributed by atoms with Crippen molar-refractivity contribution in [3.8, 4) is 5.75 Å². The molecule has 2 aromatic rings. The molecule has 0 heterocycles. The quantitative estimate of drug-likeness (QED) is 0.704. The van der Waals surface area contributed by atoms with Gasteiger partial charge in [0.05, 0.1) is 12.6 Å². The van der Waals surface area contributed by atoms with Gasteiger partial charge in [-0.1, -0.05) is 43.7 Å². The van der Waals surface area contributed by atoms with E-state index >= 15 is 0 Å². The van der Waals surface area contributed by atoms with E-state index in [0.717, 1.165) is 30.7 Å². The molecular weight excluding hydrogens is 312 g/mol. The van der Waals surface area contributed by atoms with Crippen LogP contribution in [0.15, 0.2) is 54.6 Å². The highest BCUT2D eigenvalue weighted by molar-refractivity contribution is 5.94. The summed E-state index contributed by atoms with van der Waals surface area (Å²) >= 11 is 0. The molecular formula is C21H28N2O2. The lowest BCUT2D eigenvalue weighted by Gasteiger charge is -2.23. The van der Waals surface area contributed by atoms with E-state index in [1.807, 2.05) is 68.7 Å². The number of nitrogens with one attached hydrogen (secondary N) is 1. The smallest absolute Gasteiger partial charge is 0.251 e. The van der Waals surface area contributed by atoms with E-state index in [9.17, 15) is 4.79 Å². The van der Waals surface area contributed by atoms with Gasteiger partial charge in [-0.05, 0) is 50.3 Å². The van der Waals surface area contributed by atoms with Crippen molar-refractivity contribution in [2.45, 2.75) is 25.8 Å². The summed E-state index contributed by atoms with van der Waals surface area (Å²) in [6.07, 6.45) is 2.14. The average molecular weight is 340 g/mol. The van der Waals surface area contributed by atoms with E-state index in [1.54, 1.807) is 0 Å². The molecule has 0 spiro atoms. The maximum Gasteiger partial charge on any atom is 0.251 e. The predicted molar refractivity (Wildman–Crippen MR) is 102 cm³/mol. The minimum Gasteiger partial charge on any atom is -0.494 e. The van der Waals surface area contributed by atoms with Gasteiger partial charge in [-0.3, -0.25) is 4.79 Å². The van der Waals surface area contributed by atoms with E-state index in [2.05, 4.69) is 17.1 Å². The molecule has 1 amide bonds. The normalized spacial score (nSPS) is 12.0. The molecule has 1 atom stereocenters. The summed E-state index contributed by atoms with van der Waals surface area (Å²) in [7, 11) is 4.01. The zero-order valence-corrected chi connectivity index (χ0v) is 15.4. The van der Waals surface area contributed by atoms with E-state index in [1.165, 1.54) is 0 Å². The molecule has 0 aliphatic rings. The SMILES string of the molecule is CCCCOc1ccc(C(=O)N[C@H](CN(C)C)c2ccccc2)cc1. The first-order valence-electron chi connectivity index (χ1n) is 8.83. The summed E-state index contributed by atoms with van der Waals surface area (Å²) in [5.74, 6) is 0.730. The topological polar surface area (TPSA) is 41.6 Å². The third kappa shape index (κ3) is 6.24. The van der Waals surface area contributed by atoms with E-state index < -0.39 is 0 Å². The van der Waals surface area contributed by atoms with Crippen molar-refractivity contribution in [2.24, 2.45) is 0 Å². The number of ether oxygens (including phenoxy) is 1. The Morgan fingerprint density at radius 3 is 2.36 bits per heavy atom. The molecule has 0 unspecified atom stereocenters. The van der Waals surface area contributed by atoms with Crippen LogP contribution in [0.25, 0.3) is 0 Å². The number of benzene rings is 2. The van der Waals surface area contributed by atoms with Crippen molar-refractivity contribution in [3.63, 3.8) is 0 Å². The summed E-state index contributed by atoms with van der Waals surface area (Å²) in [6.45, 7) is 3.59. The van der Waals surface area contributed by atoms with Crippen LogP contribution in [-0.4, -0.2) is 38.1 Å². The number of hydrogen-bond donors (Lipinski definition) is 1. The van der Waals surface area contributed by atoms with Gasteiger partial charge in [0, 0.05) is 12.1 Å². The molecule has 25 heavy (non-hydrogen) atoms. The summed E-state index contributed by atoms with van der Waals surface area (Å²) in [5, 5.41) is 3.13. The number of hydrogen-bond acceptors (Lipinski definition) is 3. The Kier molecular flexibility index (Phi) is 7.48. The number of amides is 1. The summed E-state index contributed by atoms with van der Waals surface area (Å²) in [5.41, 5.74) is 1.74. The molecule has 0 saturated heterocycles. The third-order valence-corrected chi connectivity index (χ3v) is 3.94. The fourth-order valence-corrected chi connectivity index (χ4v) is 2.56. The van der Waals surface area contributed by atoms with Crippen molar-refractivity contribution in [2.75, 3.05) is 27.2 Å². The van der Waals surface area contributed by atoms with Crippen LogP contribution in [0.3, 0.4) is 0 Å². The van der Waals surface area contributed by atoms with Gasteiger partial charge in [0.2, 0.25) is 0 Å². The molecule has 0 saturated carbocycles. The number of unbranched alkanes of at least 4 members (excludes halogenated alkanes) is 1. The fourth-order valence-electron chi connectivity index (χ4n) is 2.56. The monoisotopic (exact) mass is 340 g/mol. The predicted octanol–water partition coefficient (Wildman–Crippen LogP) is 3.90. The first-order valence-corrected chi connectivity index (χ1v) is 8.83. The van der Waals surface area contributed by atoms with Crippen LogP contribution in [0.1, 0.15) is 41.7 Å². The Morgan fingerprint density at radius 2 is 1.76 bits per heavy atom. The Bertz CT molecular complexity index is 639. The molecule has 0 radical (unpaired) electrons. The third-order valence-electron chi connectivity index (χ3n) is 3.94. The lowest BCUT2D eigenvalue weighted by Crippen LogP contribution is -2.35. The number of carbonyl (C=O) groups is 1. The fraction of sp³-hybridized carbons (Fsp3) is 0.381. The Balaban J connectivity index is 2.02. The molecule has 0 fully saturated rings. The maximum absolute atomic E-state index is 12.6. The number of carbonyl (C=O) groups excluding carboxylic acids is 1. The Hall–Kier alpha value is -2.33. The van der Waals surface area contributed by atoms with Gasteiger partial charge >= 0.3 is 0 Å². The van der Waals surface area contributed by atoms with Crippen LogP contribution in [-0.2, 0) is 0 Å². The van der Waals surface area contributed by atoms with Gasteiger partial charge in [-0.15, -0.1) is 0 Å². The van der Waals surface area contributed by atoms with Gasteiger partial charge < -0.3 is 15.0 Å². The first kappa shape index (κ1) is 19.0. The standard InChI is InChI=1S/C21H28N2O2/c1-4-5-15-25-19-13-11-18(12-14-19)21(24)22-20(16-23(2)3)17-9-7-6-8-10-17/h6-14,20H,4-5,15-16H2,1-3H3,(H,22,24)/t20-/m1/s1. The van der Waals surface area contributed by atoms with Crippen LogP contribution >= 0.6 is 0 Å². The second-order valence-corrected chi connectivity index (χ2v) is 6.43. The van der Waals surface area contributed by atoms with Crippen molar-refractivity contribution >= 4 is 5.91 Å². The Morgan fingerprint density at radius 1 is 1.08 bits per heavy atom. The van der Waals surface area contributed by atoms with E-state index in [-0.39, 0.29) is 11.9 Å². The summed E-state index contributed by atoms with van der Waals surface area (Å²) in [4.78, 5) is 14.7. The summed E-state index contributed by atoms with van der Waals surface area (Å²) < 4.78 is 5.65. The highest BCUT2D eigenvalue weighted by atomic mass is 16.5. The molecule has 0 aromatic heterocycles. The molecule has 134 valence electrons. The zero-order chi connectivity index (χ0) is 18.1. The van der Waals surface area contributed by atoms with Crippen molar-refractivity contribution < 1.29 is 9.53 Å². The van der Waals surface area contributed by atoms with Crippen molar-refractivity contribution in [1.29, 1.82) is 0 Å². The maximum atomic E-state index is 12.6. The first-order chi connectivity index (χ1) is 12.1. The highest BCUT2D eigenvalue weighted by Gasteiger charge is 2.16. The molecule has 1 N–H and O–H groups in total. The highest BCUT2D eigenvalue weighted by Crippen LogP contribution is 2.16. The van der Waals surface area contributed by atoms with Gasteiger partial charge in [-0.25, -0.2) is 0 Å². The largest absolute Gasteiger partial charge is 0.494 e. The minimum absolute atomic E-state index is 0.0517. The number of nitrogens with zero attached hydrogens (tertiary/aromatic N) is 1. The molecule has 2 aromatic carbocycles. The molecule has 4 heteroatoms. The van der Waals surface area contributed by atoms with Crippen molar-refractivity contribution in [1.82, 2.24) is 10.2 Å². The minimum atomic E-state index is -0.0733. The molecule has 0 aliphatic heterocycles. The summed E-state index contributed by atoms with van der Waals surface area (Å²) in [6, 6.07) is 17.3. The average Bonchev–Trinajstić information content (AvgIpc) is 2.62. The van der Waals surface area contributed by atoms with Crippen LogP contribution in [0.5, 0.6) is 5.75 Å². The number of likely N-dealkylation sites (N-methyl/N-ethyl adjacent to an activating group) is 1. The van der Waals surface area contributed by atoms with Crippen LogP contribution in [0.4, 0.5) is 0 Å². The second kappa shape index (κ2) is 9.84. The van der Waals surface area contributed by atoms with Gasteiger partial charge in [0.15, 0.2) is 0 Å².